The van der Waals surface area contributed by atoms with Crippen molar-refractivity contribution in [2.45, 2.75) is 39.8 Å². The summed E-state index contributed by atoms with van der Waals surface area (Å²) in [4.78, 5) is 13.7. The normalized spacial score (nSPS) is 13.3. The summed E-state index contributed by atoms with van der Waals surface area (Å²) in [6.07, 6.45) is 0. The number of nitrogens with two attached hydrogens (primary N) is 1. The minimum absolute atomic E-state index is 0.0112. The fraction of sp³-hybridized carbons (Fsp3) is 0.909. The van der Waals surface area contributed by atoms with E-state index in [0.717, 1.165) is 0 Å². The highest BCUT2D eigenvalue weighted by Crippen LogP contribution is 2.07. The number of carbonyl (C=O) groups excluding carboxylic acids is 1. The van der Waals surface area contributed by atoms with Crippen LogP contribution in [-0.4, -0.2) is 43.2 Å². The monoisotopic (exact) mass is 216 g/mol. The van der Waals surface area contributed by atoms with Gasteiger partial charge in [-0.2, -0.15) is 0 Å². The first-order valence-corrected chi connectivity index (χ1v) is 5.46. The Kier molecular flexibility index (Phi) is 6.52. The molecule has 0 radical (unpaired) electrons. The zero-order valence-electron chi connectivity index (χ0n) is 10.5. The van der Waals surface area contributed by atoms with Crippen molar-refractivity contribution in [1.29, 1.82) is 0 Å². The van der Waals surface area contributed by atoms with Gasteiger partial charge in [0.2, 0.25) is 5.91 Å². The smallest absolute Gasteiger partial charge is 0.240 e. The standard InChI is InChI=1S/C11H24N2O2/c1-8(2)10(12)11(14)13(9(3)4)6-7-15-5/h8-10H,6-7,12H2,1-5H3/t10-/m1/s1. The van der Waals surface area contributed by atoms with E-state index in [2.05, 4.69) is 0 Å². The Bertz CT molecular complexity index is 193. The Morgan fingerprint density at radius 1 is 1.33 bits per heavy atom. The lowest BCUT2D eigenvalue weighted by Crippen LogP contribution is -2.50. The Balaban J connectivity index is 4.41. The van der Waals surface area contributed by atoms with Crippen LogP contribution in [0.5, 0.6) is 0 Å². The molecule has 4 heteroatoms. The molecule has 0 aromatic rings. The van der Waals surface area contributed by atoms with E-state index in [4.69, 9.17) is 10.5 Å². The molecule has 15 heavy (non-hydrogen) atoms. The fourth-order valence-corrected chi connectivity index (χ4v) is 1.29. The second kappa shape index (κ2) is 6.80. The van der Waals surface area contributed by atoms with E-state index in [1.54, 1.807) is 12.0 Å². The van der Waals surface area contributed by atoms with E-state index in [9.17, 15) is 4.79 Å². The Morgan fingerprint density at radius 2 is 1.87 bits per heavy atom. The van der Waals surface area contributed by atoms with Crippen LogP contribution in [0.15, 0.2) is 0 Å². The van der Waals surface area contributed by atoms with Crippen LogP contribution in [0.1, 0.15) is 27.7 Å². The van der Waals surface area contributed by atoms with Gasteiger partial charge in [-0.05, 0) is 19.8 Å². The molecule has 0 aromatic carbocycles. The van der Waals surface area contributed by atoms with Crippen molar-refractivity contribution < 1.29 is 9.53 Å². The molecule has 0 saturated carbocycles. The molecule has 0 aromatic heterocycles. The molecule has 0 spiro atoms. The van der Waals surface area contributed by atoms with Crippen molar-refractivity contribution in [3.8, 4) is 0 Å². The SMILES string of the molecule is COCCN(C(=O)[C@H](N)C(C)C)C(C)C. The van der Waals surface area contributed by atoms with Gasteiger partial charge in [0.05, 0.1) is 12.6 Å². The summed E-state index contributed by atoms with van der Waals surface area (Å²) in [6, 6.07) is -0.248. The van der Waals surface area contributed by atoms with E-state index in [-0.39, 0.29) is 17.9 Å². The van der Waals surface area contributed by atoms with Crippen molar-refractivity contribution in [2.75, 3.05) is 20.3 Å². The molecule has 0 heterocycles. The topological polar surface area (TPSA) is 55.6 Å². The number of hydrogen-bond acceptors (Lipinski definition) is 3. The summed E-state index contributed by atoms with van der Waals surface area (Å²) >= 11 is 0. The second-order valence-electron chi connectivity index (χ2n) is 4.39. The van der Waals surface area contributed by atoms with Gasteiger partial charge in [-0.1, -0.05) is 13.8 Å². The second-order valence-corrected chi connectivity index (χ2v) is 4.39. The van der Waals surface area contributed by atoms with Crippen molar-refractivity contribution in [1.82, 2.24) is 4.90 Å². The van der Waals surface area contributed by atoms with Gasteiger partial charge in [0.15, 0.2) is 0 Å². The molecule has 0 aliphatic rings. The molecule has 0 fully saturated rings. The number of methoxy groups -OCH3 is 1. The number of ether oxygens (including phenoxy) is 1. The Hall–Kier alpha value is -0.610. The van der Waals surface area contributed by atoms with Crippen LogP contribution in [0, 0.1) is 5.92 Å². The molecule has 4 nitrogen and oxygen atoms in total. The van der Waals surface area contributed by atoms with Crippen molar-refractivity contribution in [2.24, 2.45) is 11.7 Å². The number of carbonyl (C=O) groups is 1. The Labute approximate surface area is 92.8 Å². The molecular weight excluding hydrogens is 192 g/mol. The first kappa shape index (κ1) is 14.4. The summed E-state index contributed by atoms with van der Waals surface area (Å²) in [5.74, 6) is 0.179. The lowest BCUT2D eigenvalue weighted by atomic mass is 10.0. The molecule has 0 aliphatic carbocycles. The zero-order valence-corrected chi connectivity index (χ0v) is 10.5. The summed E-state index contributed by atoms with van der Waals surface area (Å²) in [5, 5.41) is 0. The maximum Gasteiger partial charge on any atom is 0.240 e. The van der Waals surface area contributed by atoms with Gasteiger partial charge in [-0.3, -0.25) is 4.79 Å². The average Bonchev–Trinajstić information content (AvgIpc) is 2.16. The van der Waals surface area contributed by atoms with E-state index in [0.29, 0.717) is 13.2 Å². The summed E-state index contributed by atoms with van der Waals surface area (Å²) < 4.78 is 4.98. The largest absolute Gasteiger partial charge is 0.383 e. The molecule has 0 saturated heterocycles. The summed E-state index contributed by atoms with van der Waals surface area (Å²) in [6.45, 7) is 9.04. The van der Waals surface area contributed by atoms with E-state index in [1.807, 2.05) is 27.7 Å². The van der Waals surface area contributed by atoms with Crippen LogP contribution >= 0.6 is 0 Å². The molecule has 90 valence electrons. The zero-order chi connectivity index (χ0) is 12.0. The van der Waals surface area contributed by atoms with Crippen LogP contribution < -0.4 is 5.73 Å². The molecule has 0 rings (SSSR count). The van der Waals surface area contributed by atoms with E-state index in [1.165, 1.54) is 0 Å². The van der Waals surface area contributed by atoms with Crippen molar-refractivity contribution in [3.63, 3.8) is 0 Å². The maximum absolute atomic E-state index is 12.0. The van der Waals surface area contributed by atoms with Gasteiger partial charge in [0.1, 0.15) is 0 Å². The van der Waals surface area contributed by atoms with Gasteiger partial charge >= 0.3 is 0 Å². The van der Waals surface area contributed by atoms with Crippen LogP contribution in [0.3, 0.4) is 0 Å². The minimum Gasteiger partial charge on any atom is -0.383 e. The predicted octanol–water partition coefficient (Wildman–Crippen LogP) is 0.853. The van der Waals surface area contributed by atoms with Gasteiger partial charge in [-0.25, -0.2) is 0 Å². The quantitative estimate of drug-likeness (QED) is 0.716. The third-order valence-electron chi connectivity index (χ3n) is 2.45. The average molecular weight is 216 g/mol. The number of amides is 1. The highest BCUT2D eigenvalue weighted by Gasteiger charge is 2.24. The third-order valence-corrected chi connectivity index (χ3v) is 2.45. The first-order chi connectivity index (χ1) is 6.91. The van der Waals surface area contributed by atoms with E-state index >= 15 is 0 Å². The molecule has 0 unspecified atom stereocenters. The van der Waals surface area contributed by atoms with Gasteiger partial charge in [0.25, 0.3) is 0 Å². The molecule has 0 bridgehead atoms. The van der Waals surface area contributed by atoms with Gasteiger partial charge in [-0.15, -0.1) is 0 Å². The highest BCUT2D eigenvalue weighted by molar-refractivity contribution is 5.82. The number of hydrogen-bond donors (Lipinski definition) is 1. The van der Waals surface area contributed by atoms with Crippen molar-refractivity contribution >= 4 is 5.91 Å². The lowest BCUT2D eigenvalue weighted by molar-refractivity contribution is -0.136. The van der Waals surface area contributed by atoms with Gasteiger partial charge in [0, 0.05) is 19.7 Å². The Morgan fingerprint density at radius 3 is 2.20 bits per heavy atom. The minimum atomic E-state index is -0.413. The van der Waals surface area contributed by atoms with Crippen LogP contribution in [0.25, 0.3) is 0 Å². The predicted molar refractivity (Wildman–Crippen MR) is 61.5 cm³/mol. The number of nitrogens with zero attached hydrogens (tertiary/aromatic N) is 1. The summed E-state index contributed by atoms with van der Waals surface area (Å²) in [5.41, 5.74) is 5.84. The van der Waals surface area contributed by atoms with E-state index < -0.39 is 6.04 Å². The van der Waals surface area contributed by atoms with Crippen LogP contribution in [0.2, 0.25) is 0 Å². The van der Waals surface area contributed by atoms with Crippen LogP contribution in [-0.2, 0) is 9.53 Å². The number of rotatable bonds is 6. The highest BCUT2D eigenvalue weighted by atomic mass is 16.5. The van der Waals surface area contributed by atoms with Crippen LogP contribution in [0.4, 0.5) is 0 Å². The fourth-order valence-electron chi connectivity index (χ4n) is 1.29. The first-order valence-electron chi connectivity index (χ1n) is 5.46. The molecule has 2 N–H and O–H groups in total. The lowest BCUT2D eigenvalue weighted by Gasteiger charge is -2.30. The van der Waals surface area contributed by atoms with Crippen molar-refractivity contribution in [3.05, 3.63) is 0 Å². The summed E-state index contributed by atoms with van der Waals surface area (Å²) in [7, 11) is 1.63. The molecule has 1 amide bonds. The molecular formula is C11H24N2O2. The molecule has 1 atom stereocenters. The maximum atomic E-state index is 12.0. The third kappa shape index (κ3) is 4.62. The molecule has 0 aliphatic heterocycles. The van der Waals surface area contributed by atoms with Gasteiger partial charge < -0.3 is 15.4 Å².